The maximum absolute atomic E-state index is 13.3. The number of hydrogen-bond acceptors (Lipinski definition) is 5. The van der Waals surface area contributed by atoms with Gasteiger partial charge in [0.1, 0.15) is 5.78 Å². The van der Waals surface area contributed by atoms with Crippen molar-refractivity contribution < 1.29 is 9.21 Å². The van der Waals surface area contributed by atoms with Gasteiger partial charge in [0.15, 0.2) is 10.9 Å². The van der Waals surface area contributed by atoms with E-state index in [-0.39, 0.29) is 5.41 Å². The van der Waals surface area contributed by atoms with E-state index in [4.69, 9.17) is 4.42 Å². The van der Waals surface area contributed by atoms with Gasteiger partial charge in [0.25, 0.3) is 0 Å². The molecular weight excluding hydrogens is 358 g/mol. The molecule has 4 fully saturated rings. The van der Waals surface area contributed by atoms with Crippen LogP contribution in [0, 0.1) is 23.2 Å². The topological polar surface area (TPSA) is 60.9 Å². The Morgan fingerprint density at radius 2 is 1.96 bits per heavy atom. The summed E-state index contributed by atoms with van der Waals surface area (Å²) in [6.07, 6.45) is 10.9. The first-order valence-corrected chi connectivity index (χ1v) is 10.9. The van der Waals surface area contributed by atoms with E-state index >= 15 is 0 Å². The summed E-state index contributed by atoms with van der Waals surface area (Å²) in [5.74, 6) is 4.66. The van der Waals surface area contributed by atoms with Gasteiger partial charge in [-0.15, -0.1) is 16.8 Å². The van der Waals surface area contributed by atoms with Crippen LogP contribution in [0.3, 0.4) is 0 Å². The number of thioether (sulfide) groups is 1. The van der Waals surface area contributed by atoms with Gasteiger partial charge in [-0.05, 0) is 68.4 Å². The molecule has 0 aliphatic heterocycles. The number of allylic oxidation sites excluding steroid dienone is 1. The summed E-state index contributed by atoms with van der Waals surface area (Å²) in [6, 6.07) is 3.71. The van der Waals surface area contributed by atoms with Crippen molar-refractivity contribution in [2.45, 2.75) is 50.2 Å². The lowest BCUT2D eigenvalue weighted by atomic mass is 9.48. The van der Waals surface area contributed by atoms with Gasteiger partial charge in [0, 0.05) is 12.0 Å². The molecule has 5 nitrogen and oxygen atoms in total. The number of aromatic nitrogens is 3. The highest BCUT2D eigenvalue weighted by Crippen LogP contribution is 2.60. The summed E-state index contributed by atoms with van der Waals surface area (Å²) >= 11 is 1.51. The molecule has 2 heterocycles. The molecule has 4 aliphatic carbocycles. The molecule has 0 atom stereocenters. The largest absolute Gasteiger partial charge is 0.461 e. The zero-order valence-electron chi connectivity index (χ0n) is 15.5. The molecule has 4 bridgehead atoms. The average Bonchev–Trinajstić information content (AvgIpc) is 3.28. The number of nitrogens with zero attached hydrogens (tertiary/aromatic N) is 3. The monoisotopic (exact) mass is 383 g/mol. The summed E-state index contributed by atoms with van der Waals surface area (Å²) in [7, 11) is 0. The van der Waals surface area contributed by atoms with Gasteiger partial charge in [-0.25, -0.2) is 0 Å². The fourth-order valence-electron chi connectivity index (χ4n) is 6.01. The summed E-state index contributed by atoms with van der Waals surface area (Å²) in [4.78, 5) is 13.3. The fourth-order valence-corrected chi connectivity index (χ4v) is 6.99. The van der Waals surface area contributed by atoms with Crippen LogP contribution in [0.5, 0.6) is 0 Å². The van der Waals surface area contributed by atoms with Crippen LogP contribution in [0.25, 0.3) is 11.6 Å². The molecule has 6 heteroatoms. The zero-order valence-corrected chi connectivity index (χ0v) is 16.3. The second-order valence-electron chi connectivity index (χ2n) is 8.59. The quantitative estimate of drug-likeness (QED) is 0.516. The number of Topliss-reactive ketones (excluding diaryl/α,β-unsaturated/α-hetero) is 1. The molecule has 27 heavy (non-hydrogen) atoms. The minimum absolute atomic E-state index is 0.0467. The first-order valence-electron chi connectivity index (χ1n) is 9.91. The van der Waals surface area contributed by atoms with Crippen LogP contribution < -0.4 is 0 Å². The number of carbonyl (C=O) groups excluding carboxylic acids is 1. The van der Waals surface area contributed by atoms with Crippen molar-refractivity contribution in [1.82, 2.24) is 14.8 Å². The van der Waals surface area contributed by atoms with E-state index in [1.54, 1.807) is 6.26 Å². The first-order chi connectivity index (χ1) is 13.2. The van der Waals surface area contributed by atoms with Crippen LogP contribution in [0.1, 0.15) is 38.5 Å². The van der Waals surface area contributed by atoms with Gasteiger partial charge in [-0.3, -0.25) is 9.36 Å². The number of carbonyl (C=O) groups is 1. The van der Waals surface area contributed by atoms with Crippen molar-refractivity contribution in [3.63, 3.8) is 0 Å². The highest BCUT2D eigenvalue weighted by molar-refractivity contribution is 7.99. The maximum atomic E-state index is 13.3. The van der Waals surface area contributed by atoms with E-state index in [1.165, 1.54) is 31.0 Å². The van der Waals surface area contributed by atoms with Crippen molar-refractivity contribution in [2.24, 2.45) is 23.2 Å². The van der Waals surface area contributed by atoms with E-state index < -0.39 is 0 Å². The van der Waals surface area contributed by atoms with Gasteiger partial charge < -0.3 is 4.42 Å². The molecule has 0 spiro atoms. The normalized spacial score (nSPS) is 31.3. The number of rotatable bonds is 7. The third-order valence-electron chi connectivity index (χ3n) is 6.73. The number of hydrogen-bond donors (Lipinski definition) is 0. The standard InChI is InChI=1S/C21H25N3O2S/c1-2-5-24-19(17-4-3-6-26-17)22-23-20(24)27-13-18(25)21-10-14-7-15(11-21)9-16(8-14)12-21/h2-4,6,14-16H,1,5,7-13H2. The van der Waals surface area contributed by atoms with Crippen LogP contribution in [0.15, 0.2) is 40.6 Å². The zero-order chi connectivity index (χ0) is 18.4. The lowest BCUT2D eigenvalue weighted by molar-refractivity contribution is -0.141. The van der Waals surface area contributed by atoms with E-state index in [1.807, 2.05) is 22.8 Å². The molecule has 142 valence electrons. The van der Waals surface area contributed by atoms with Crippen molar-refractivity contribution in [2.75, 3.05) is 5.75 Å². The van der Waals surface area contributed by atoms with Gasteiger partial charge >= 0.3 is 0 Å². The van der Waals surface area contributed by atoms with Crippen LogP contribution in [0.2, 0.25) is 0 Å². The predicted molar refractivity (Wildman–Crippen MR) is 104 cm³/mol. The maximum Gasteiger partial charge on any atom is 0.200 e. The molecule has 4 aliphatic rings. The van der Waals surface area contributed by atoms with Gasteiger partial charge in [0.05, 0.1) is 12.0 Å². The van der Waals surface area contributed by atoms with Crippen molar-refractivity contribution in [1.29, 1.82) is 0 Å². The van der Waals surface area contributed by atoms with Crippen molar-refractivity contribution >= 4 is 17.5 Å². The Hall–Kier alpha value is -1.82. The number of ketones is 1. The summed E-state index contributed by atoms with van der Waals surface area (Å²) in [5.41, 5.74) is -0.0467. The summed E-state index contributed by atoms with van der Waals surface area (Å²) < 4.78 is 7.45. The Labute approximate surface area is 163 Å². The molecule has 0 aromatic carbocycles. The van der Waals surface area contributed by atoms with Crippen LogP contribution >= 0.6 is 11.8 Å². The minimum atomic E-state index is -0.0467. The van der Waals surface area contributed by atoms with Gasteiger partial charge in [-0.2, -0.15) is 0 Å². The molecule has 0 amide bonds. The SMILES string of the molecule is C=CCn1c(SCC(=O)C23CC4CC(CC(C4)C2)C3)nnc1-c1ccco1. The lowest BCUT2D eigenvalue weighted by Crippen LogP contribution is -2.50. The smallest absolute Gasteiger partial charge is 0.200 e. The minimum Gasteiger partial charge on any atom is -0.461 e. The van der Waals surface area contributed by atoms with Gasteiger partial charge in [-0.1, -0.05) is 17.8 Å². The van der Waals surface area contributed by atoms with Crippen molar-refractivity contribution in [3.8, 4) is 11.6 Å². The second-order valence-corrected chi connectivity index (χ2v) is 9.53. The van der Waals surface area contributed by atoms with E-state index in [9.17, 15) is 4.79 Å². The molecule has 0 unspecified atom stereocenters. The lowest BCUT2D eigenvalue weighted by Gasteiger charge is -2.56. The Balaban J connectivity index is 1.33. The van der Waals surface area contributed by atoms with Crippen LogP contribution in [0.4, 0.5) is 0 Å². The predicted octanol–water partition coefficient (Wildman–Crippen LogP) is 4.60. The Morgan fingerprint density at radius 3 is 2.56 bits per heavy atom. The highest BCUT2D eigenvalue weighted by Gasteiger charge is 2.54. The number of furan rings is 1. The average molecular weight is 384 g/mol. The molecule has 0 radical (unpaired) electrons. The summed E-state index contributed by atoms with van der Waals surface area (Å²) in [6.45, 7) is 4.43. The Bertz CT molecular complexity index is 820. The van der Waals surface area contributed by atoms with Crippen molar-refractivity contribution in [3.05, 3.63) is 31.1 Å². The Kier molecular flexibility index (Phi) is 4.26. The van der Waals surface area contributed by atoms with E-state index in [0.29, 0.717) is 29.7 Å². The van der Waals surface area contributed by atoms with Gasteiger partial charge in [0.2, 0.25) is 5.82 Å². The first kappa shape index (κ1) is 17.3. The molecule has 2 aromatic rings. The van der Waals surface area contributed by atoms with E-state index in [2.05, 4.69) is 16.8 Å². The molecular formula is C21H25N3O2S. The summed E-state index contributed by atoms with van der Waals surface area (Å²) in [5, 5.41) is 9.38. The third kappa shape index (κ3) is 2.98. The molecule has 0 saturated heterocycles. The fraction of sp³-hybridized carbons (Fsp3) is 0.571. The van der Waals surface area contributed by atoms with E-state index in [0.717, 1.165) is 42.2 Å². The Morgan fingerprint density at radius 1 is 1.26 bits per heavy atom. The molecule has 6 rings (SSSR count). The highest BCUT2D eigenvalue weighted by atomic mass is 32.2. The van der Waals surface area contributed by atoms with Crippen LogP contribution in [-0.2, 0) is 11.3 Å². The molecule has 2 aromatic heterocycles. The third-order valence-corrected chi connectivity index (χ3v) is 7.70. The second kappa shape index (κ2) is 6.66. The molecule has 0 N–H and O–H groups in total. The molecule has 4 saturated carbocycles. The van der Waals surface area contributed by atoms with Crippen LogP contribution in [-0.4, -0.2) is 26.3 Å².